The van der Waals surface area contributed by atoms with Crippen LogP contribution in [0.1, 0.15) is 17.0 Å². The molecule has 0 radical (unpaired) electrons. The number of aldehydes is 1. The van der Waals surface area contributed by atoms with E-state index >= 15 is 0 Å². The lowest BCUT2D eigenvalue weighted by atomic mass is 9.92. The molecule has 0 amide bonds. The Hall–Kier alpha value is -3.87. The van der Waals surface area contributed by atoms with Gasteiger partial charge in [-0.15, -0.1) is 0 Å². The highest BCUT2D eigenvalue weighted by Gasteiger charge is 2.30. The molecule has 0 unspecified atom stereocenters. The quantitative estimate of drug-likeness (QED) is 0.424. The molecule has 27 heavy (non-hydrogen) atoms. The third-order valence-electron chi connectivity index (χ3n) is 4.40. The van der Waals surface area contributed by atoms with Crippen LogP contribution in [0.25, 0.3) is 21.9 Å². The van der Waals surface area contributed by atoms with Gasteiger partial charge in [-0.05, 0) is 24.3 Å². The number of fused-ring (bicyclic) bond motifs is 2. The Balaban J connectivity index is 2.06. The van der Waals surface area contributed by atoms with Gasteiger partial charge in [-0.2, -0.15) is 0 Å². The Bertz CT molecular complexity index is 1210. The van der Waals surface area contributed by atoms with Gasteiger partial charge in [0.25, 0.3) is 0 Å². The van der Waals surface area contributed by atoms with Crippen LogP contribution in [0.15, 0.2) is 67.0 Å². The standard InChI is InChI=1S/C20H12O7/c21-9-12(15-17(22)10-5-1-3-7-13(10)26-19(15)24)16-18(23)11-6-2-4-8-14(11)27-20(16)25/h1-9,12,22-23H. The number of benzene rings is 2. The minimum absolute atomic E-state index is 0.128. The number of hydrogen-bond donors (Lipinski definition) is 2. The zero-order valence-electron chi connectivity index (χ0n) is 13.7. The van der Waals surface area contributed by atoms with Gasteiger partial charge in [-0.3, -0.25) is 0 Å². The second kappa shape index (κ2) is 6.14. The van der Waals surface area contributed by atoms with Crippen LogP contribution in [0, 0.1) is 0 Å². The number of para-hydroxylation sites is 2. The summed E-state index contributed by atoms with van der Waals surface area (Å²) in [5, 5.41) is 21.5. The number of carbonyl (C=O) groups excluding carboxylic acids is 1. The maximum Gasteiger partial charge on any atom is 0.344 e. The third-order valence-corrected chi connectivity index (χ3v) is 4.40. The molecule has 4 aromatic rings. The average Bonchev–Trinajstić information content (AvgIpc) is 2.66. The lowest BCUT2D eigenvalue weighted by Gasteiger charge is -2.14. The zero-order chi connectivity index (χ0) is 19.1. The molecule has 134 valence electrons. The van der Waals surface area contributed by atoms with Crippen LogP contribution in [-0.4, -0.2) is 16.5 Å². The summed E-state index contributed by atoms with van der Waals surface area (Å²) in [5.41, 5.74) is -2.61. The zero-order valence-corrected chi connectivity index (χ0v) is 13.7. The number of rotatable bonds is 3. The van der Waals surface area contributed by atoms with Crippen molar-refractivity contribution >= 4 is 28.2 Å². The molecule has 0 aliphatic rings. The van der Waals surface area contributed by atoms with Crippen molar-refractivity contribution in [2.45, 2.75) is 5.92 Å². The summed E-state index contributed by atoms with van der Waals surface area (Å²) in [6, 6.07) is 12.4. The number of hydrogen-bond acceptors (Lipinski definition) is 7. The first-order valence-corrected chi connectivity index (χ1v) is 7.97. The third kappa shape index (κ3) is 2.48. The molecule has 7 nitrogen and oxygen atoms in total. The van der Waals surface area contributed by atoms with Crippen LogP contribution in [0.2, 0.25) is 0 Å². The van der Waals surface area contributed by atoms with E-state index in [1.54, 1.807) is 24.3 Å². The van der Waals surface area contributed by atoms with E-state index in [1.807, 2.05) is 0 Å². The maximum atomic E-state index is 12.4. The molecule has 0 saturated heterocycles. The predicted molar refractivity (Wildman–Crippen MR) is 96.2 cm³/mol. The van der Waals surface area contributed by atoms with E-state index in [0.29, 0.717) is 0 Å². The Morgan fingerprint density at radius 2 is 1.15 bits per heavy atom. The van der Waals surface area contributed by atoms with E-state index in [2.05, 4.69) is 0 Å². The summed E-state index contributed by atoms with van der Waals surface area (Å²) in [7, 11) is 0. The predicted octanol–water partition coefficient (Wildman–Crippen LogP) is 2.64. The molecular weight excluding hydrogens is 352 g/mol. The summed E-state index contributed by atoms with van der Waals surface area (Å²) in [4.78, 5) is 36.6. The van der Waals surface area contributed by atoms with Crippen molar-refractivity contribution in [2.75, 3.05) is 0 Å². The number of carbonyl (C=O) groups is 1. The first kappa shape index (κ1) is 16.6. The number of aromatic hydroxyl groups is 2. The minimum atomic E-state index is -1.56. The van der Waals surface area contributed by atoms with E-state index in [-0.39, 0.29) is 28.2 Å². The minimum Gasteiger partial charge on any atom is -0.507 e. The molecular formula is C20H12O7. The lowest BCUT2D eigenvalue weighted by Crippen LogP contribution is -2.21. The lowest BCUT2D eigenvalue weighted by molar-refractivity contribution is -0.108. The van der Waals surface area contributed by atoms with Crippen LogP contribution in [0.4, 0.5) is 0 Å². The maximum absolute atomic E-state index is 12.4. The van der Waals surface area contributed by atoms with Crippen LogP contribution >= 0.6 is 0 Å². The molecule has 2 aromatic carbocycles. The fourth-order valence-electron chi connectivity index (χ4n) is 3.12. The van der Waals surface area contributed by atoms with Gasteiger partial charge in [-0.1, -0.05) is 24.3 Å². The van der Waals surface area contributed by atoms with Crippen molar-refractivity contribution in [3.8, 4) is 11.5 Å². The Kier molecular flexibility index (Phi) is 3.77. The van der Waals surface area contributed by atoms with Gasteiger partial charge in [0.15, 0.2) is 0 Å². The van der Waals surface area contributed by atoms with Gasteiger partial charge in [0.05, 0.1) is 27.8 Å². The highest BCUT2D eigenvalue weighted by atomic mass is 16.4. The van der Waals surface area contributed by atoms with Gasteiger partial charge in [-0.25, -0.2) is 9.59 Å². The molecule has 0 aliphatic carbocycles. The van der Waals surface area contributed by atoms with Gasteiger partial charge in [0.1, 0.15) is 29.0 Å². The van der Waals surface area contributed by atoms with Crippen molar-refractivity contribution in [1.29, 1.82) is 0 Å². The highest BCUT2D eigenvalue weighted by molar-refractivity contribution is 5.89. The van der Waals surface area contributed by atoms with Crippen LogP contribution in [0.3, 0.4) is 0 Å². The van der Waals surface area contributed by atoms with E-state index in [1.165, 1.54) is 24.3 Å². The molecule has 0 atom stereocenters. The molecule has 0 spiro atoms. The van der Waals surface area contributed by atoms with Gasteiger partial charge in [0, 0.05) is 0 Å². The molecule has 0 aliphatic heterocycles. The second-order valence-electron chi connectivity index (χ2n) is 5.91. The van der Waals surface area contributed by atoms with Crippen molar-refractivity contribution in [1.82, 2.24) is 0 Å². The summed E-state index contributed by atoms with van der Waals surface area (Å²) in [5.74, 6) is -2.55. The Labute approximate surface area is 150 Å². The topological polar surface area (TPSA) is 118 Å². The van der Waals surface area contributed by atoms with Gasteiger partial charge < -0.3 is 23.8 Å². The monoisotopic (exact) mass is 364 g/mol. The summed E-state index contributed by atoms with van der Waals surface area (Å²) in [6.07, 6.45) is 0.279. The highest BCUT2D eigenvalue weighted by Crippen LogP contribution is 2.37. The largest absolute Gasteiger partial charge is 0.507 e. The van der Waals surface area contributed by atoms with Crippen molar-refractivity contribution in [3.05, 3.63) is 80.5 Å². The van der Waals surface area contributed by atoms with Crippen LogP contribution in [0.5, 0.6) is 11.5 Å². The van der Waals surface area contributed by atoms with E-state index in [0.717, 1.165) is 0 Å². The molecule has 2 N–H and O–H groups in total. The normalized spacial score (nSPS) is 11.3. The first-order valence-electron chi connectivity index (χ1n) is 7.97. The molecule has 4 rings (SSSR count). The van der Waals surface area contributed by atoms with Crippen LogP contribution in [-0.2, 0) is 4.79 Å². The van der Waals surface area contributed by atoms with E-state index in [9.17, 15) is 24.6 Å². The van der Waals surface area contributed by atoms with Crippen LogP contribution < -0.4 is 11.3 Å². The van der Waals surface area contributed by atoms with E-state index < -0.39 is 39.8 Å². The fraction of sp³-hybridized carbons (Fsp3) is 0.0500. The Morgan fingerprint density at radius 1 is 0.741 bits per heavy atom. The summed E-state index contributed by atoms with van der Waals surface area (Å²) >= 11 is 0. The first-order chi connectivity index (χ1) is 13.0. The average molecular weight is 364 g/mol. The SMILES string of the molecule is O=CC(c1c(O)c2ccccc2oc1=O)c1c(O)c2ccccc2oc1=O. The van der Waals surface area contributed by atoms with Crippen molar-refractivity contribution in [3.63, 3.8) is 0 Å². The van der Waals surface area contributed by atoms with Gasteiger partial charge in [0.2, 0.25) is 0 Å². The Morgan fingerprint density at radius 3 is 1.56 bits per heavy atom. The van der Waals surface area contributed by atoms with Crippen molar-refractivity contribution < 1.29 is 23.8 Å². The fourth-order valence-corrected chi connectivity index (χ4v) is 3.12. The van der Waals surface area contributed by atoms with E-state index in [4.69, 9.17) is 8.83 Å². The molecule has 0 fully saturated rings. The molecule has 0 saturated carbocycles. The molecule has 7 heteroatoms. The molecule has 2 heterocycles. The van der Waals surface area contributed by atoms with Gasteiger partial charge >= 0.3 is 11.3 Å². The summed E-state index contributed by atoms with van der Waals surface area (Å²) < 4.78 is 10.3. The molecule has 2 aromatic heterocycles. The molecule has 0 bridgehead atoms. The summed E-state index contributed by atoms with van der Waals surface area (Å²) in [6.45, 7) is 0. The second-order valence-corrected chi connectivity index (χ2v) is 5.91. The smallest absolute Gasteiger partial charge is 0.344 e. The van der Waals surface area contributed by atoms with Crippen molar-refractivity contribution in [2.24, 2.45) is 0 Å².